The third kappa shape index (κ3) is 54.3. The number of rotatable bonds is 55. The van der Waals surface area contributed by atoms with E-state index in [1.165, 1.54) is 231 Å². The lowest BCUT2D eigenvalue weighted by atomic mass is 10.0. The lowest BCUT2D eigenvalue weighted by Gasteiger charge is -2.25. The maximum Gasteiger partial charge on any atom is 0.472 e. The number of amides is 1. The van der Waals surface area contributed by atoms with Crippen LogP contribution in [0.3, 0.4) is 0 Å². The van der Waals surface area contributed by atoms with E-state index in [0.29, 0.717) is 17.4 Å². The first-order valence-electron chi connectivity index (χ1n) is 29.9. The summed E-state index contributed by atoms with van der Waals surface area (Å²) in [6.07, 6.45) is 67.5. The van der Waals surface area contributed by atoms with E-state index in [0.717, 1.165) is 38.5 Å². The maximum absolute atomic E-state index is 12.9. The highest BCUT2D eigenvalue weighted by Crippen LogP contribution is 2.43. The summed E-state index contributed by atoms with van der Waals surface area (Å²) < 4.78 is 23.5. The molecule has 3 unspecified atom stereocenters. The van der Waals surface area contributed by atoms with Crippen LogP contribution in [0, 0.1) is 0 Å². The molecular formula is C60H118N2O6P+. The van der Waals surface area contributed by atoms with E-state index in [1.807, 2.05) is 27.2 Å². The number of quaternary nitrogens is 1. The van der Waals surface area contributed by atoms with Gasteiger partial charge in [0.15, 0.2) is 0 Å². The van der Waals surface area contributed by atoms with Crippen LogP contribution in [-0.2, 0) is 18.4 Å². The summed E-state index contributed by atoms with van der Waals surface area (Å²) in [6.45, 7) is 4.74. The summed E-state index contributed by atoms with van der Waals surface area (Å²) in [4.78, 5) is 23.1. The molecule has 1 amide bonds. The van der Waals surface area contributed by atoms with Gasteiger partial charge in [-0.05, 0) is 51.4 Å². The minimum Gasteiger partial charge on any atom is -0.387 e. The molecule has 0 aromatic heterocycles. The van der Waals surface area contributed by atoms with Crippen LogP contribution in [0.1, 0.15) is 290 Å². The Labute approximate surface area is 429 Å². The van der Waals surface area contributed by atoms with Crippen LogP contribution in [-0.4, -0.2) is 73.4 Å². The van der Waals surface area contributed by atoms with Crippen LogP contribution in [0.5, 0.6) is 0 Å². The second kappa shape index (κ2) is 51.6. The number of allylic oxidation sites excluding steroid dienone is 5. The Morgan fingerprint density at radius 3 is 1.20 bits per heavy atom. The molecule has 9 heteroatoms. The lowest BCUT2D eigenvalue weighted by molar-refractivity contribution is -0.870. The van der Waals surface area contributed by atoms with Gasteiger partial charge < -0.3 is 19.8 Å². The first-order valence-corrected chi connectivity index (χ1v) is 31.4. The van der Waals surface area contributed by atoms with Gasteiger partial charge in [-0.25, -0.2) is 4.57 Å². The zero-order valence-corrected chi connectivity index (χ0v) is 47.5. The molecule has 0 aliphatic carbocycles. The van der Waals surface area contributed by atoms with E-state index in [9.17, 15) is 19.4 Å². The van der Waals surface area contributed by atoms with Crippen molar-refractivity contribution in [3.63, 3.8) is 0 Å². The monoisotopic (exact) mass is 994 g/mol. The van der Waals surface area contributed by atoms with Gasteiger partial charge in [0.05, 0.1) is 39.9 Å². The molecule has 0 heterocycles. The van der Waals surface area contributed by atoms with E-state index in [1.54, 1.807) is 6.08 Å². The molecular weight excluding hydrogens is 876 g/mol. The average molecular weight is 995 g/mol. The average Bonchev–Trinajstić information content (AvgIpc) is 3.31. The fourth-order valence-electron chi connectivity index (χ4n) is 8.87. The molecule has 0 saturated carbocycles. The second-order valence-corrected chi connectivity index (χ2v) is 23.2. The summed E-state index contributed by atoms with van der Waals surface area (Å²) in [5.74, 6) is -0.186. The maximum atomic E-state index is 12.9. The third-order valence-electron chi connectivity index (χ3n) is 13.6. The molecule has 0 aromatic rings. The lowest BCUT2D eigenvalue weighted by Crippen LogP contribution is -2.45. The number of unbranched alkanes of at least 4 members (excludes halogenated alkanes) is 38. The van der Waals surface area contributed by atoms with Gasteiger partial charge in [0.2, 0.25) is 5.91 Å². The molecule has 0 aliphatic rings. The smallest absolute Gasteiger partial charge is 0.387 e. The molecule has 0 rings (SSSR count). The molecule has 0 fully saturated rings. The normalized spacial score (nSPS) is 14.1. The zero-order valence-electron chi connectivity index (χ0n) is 46.6. The number of nitrogens with zero attached hydrogens (tertiary/aromatic N) is 1. The first kappa shape index (κ1) is 67.7. The zero-order chi connectivity index (χ0) is 50.6. The number of phosphoric ester groups is 1. The molecule has 0 saturated heterocycles. The number of aliphatic hydroxyl groups excluding tert-OH is 1. The van der Waals surface area contributed by atoms with Crippen LogP contribution in [0.15, 0.2) is 36.5 Å². The van der Waals surface area contributed by atoms with Gasteiger partial charge in [0.1, 0.15) is 13.2 Å². The topological polar surface area (TPSA) is 105 Å². The van der Waals surface area contributed by atoms with Crippen molar-refractivity contribution in [1.82, 2.24) is 5.32 Å². The van der Waals surface area contributed by atoms with Gasteiger partial charge in [0.25, 0.3) is 0 Å². The van der Waals surface area contributed by atoms with Gasteiger partial charge in [-0.2, -0.15) is 0 Å². The molecule has 0 radical (unpaired) electrons. The number of hydrogen-bond acceptors (Lipinski definition) is 5. The Morgan fingerprint density at radius 2 is 0.812 bits per heavy atom. The molecule has 0 aliphatic heterocycles. The molecule has 3 atom stereocenters. The van der Waals surface area contributed by atoms with Gasteiger partial charge in [-0.1, -0.05) is 269 Å². The van der Waals surface area contributed by atoms with Gasteiger partial charge in [0, 0.05) is 6.42 Å². The largest absolute Gasteiger partial charge is 0.472 e. The molecule has 0 aromatic carbocycles. The second-order valence-electron chi connectivity index (χ2n) is 21.7. The number of carbonyl (C=O) groups excluding carboxylic acids is 1. The van der Waals surface area contributed by atoms with Gasteiger partial charge in [-0.15, -0.1) is 0 Å². The van der Waals surface area contributed by atoms with Crippen LogP contribution in [0.4, 0.5) is 0 Å². The van der Waals surface area contributed by atoms with Crippen molar-refractivity contribution >= 4 is 13.7 Å². The Morgan fingerprint density at radius 1 is 0.478 bits per heavy atom. The Bertz CT molecular complexity index is 1220. The number of hydrogen-bond donors (Lipinski definition) is 3. The summed E-state index contributed by atoms with van der Waals surface area (Å²) >= 11 is 0. The summed E-state index contributed by atoms with van der Waals surface area (Å²) in [7, 11) is 1.56. The van der Waals surface area contributed by atoms with E-state index in [2.05, 4.69) is 43.5 Å². The molecule has 0 spiro atoms. The molecule has 8 nitrogen and oxygen atoms in total. The predicted octanol–water partition coefficient (Wildman–Crippen LogP) is 18.2. The Kier molecular flexibility index (Phi) is 50.7. The molecule has 408 valence electrons. The van der Waals surface area contributed by atoms with E-state index in [4.69, 9.17) is 9.05 Å². The van der Waals surface area contributed by atoms with Crippen molar-refractivity contribution < 1.29 is 32.9 Å². The highest BCUT2D eigenvalue weighted by molar-refractivity contribution is 7.47. The van der Waals surface area contributed by atoms with Crippen molar-refractivity contribution in [2.75, 3.05) is 40.9 Å². The number of phosphoric acid groups is 1. The molecule has 69 heavy (non-hydrogen) atoms. The Hall–Kier alpha value is -1.28. The molecule has 3 N–H and O–H groups in total. The number of nitrogens with one attached hydrogen (secondary N) is 1. The summed E-state index contributed by atoms with van der Waals surface area (Å²) in [5.41, 5.74) is 0. The van der Waals surface area contributed by atoms with Crippen LogP contribution in [0.2, 0.25) is 0 Å². The van der Waals surface area contributed by atoms with Crippen LogP contribution < -0.4 is 5.32 Å². The van der Waals surface area contributed by atoms with Gasteiger partial charge >= 0.3 is 7.82 Å². The number of aliphatic hydroxyl groups is 1. The van der Waals surface area contributed by atoms with Crippen molar-refractivity contribution in [2.24, 2.45) is 0 Å². The Balaban J connectivity index is 3.75. The van der Waals surface area contributed by atoms with E-state index >= 15 is 0 Å². The fourth-order valence-corrected chi connectivity index (χ4v) is 9.60. The quantitative estimate of drug-likeness (QED) is 0.0243. The van der Waals surface area contributed by atoms with Crippen molar-refractivity contribution in [3.05, 3.63) is 36.5 Å². The van der Waals surface area contributed by atoms with Gasteiger partial charge in [-0.3, -0.25) is 13.8 Å². The first-order chi connectivity index (χ1) is 33.5. The predicted molar refractivity (Wildman–Crippen MR) is 300 cm³/mol. The van der Waals surface area contributed by atoms with Crippen molar-refractivity contribution in [1.29, 1.82) is 0 Å². The standard InChI is InChI=1S/C60H117N2O6P/c1-6-8-10-12-14-16-17-18-19-20-21-22-23-24-25-26-27-28-29-30-31-32-33-34-35-36-37-38-39-40-41-42-43-44-45-46-48-50-52-54-60(64)61-58(57-68-69(65,66)67-56-55-62(3,4)5)59(63)53-51-49-47-15-13-11-9-7-2/h13,15,20-21,51,53,58-59,63H,6-12,14,16-19,22-50,52,54-57H2,1-5H3,(H-,61,64,65,66)/p+1/b15-13+,21-20-,53-51+. The summed E-state index contributed by atoms with van der Waals surface area (Å²) in [6, 6.07) is -0.858. The van der Waals surface area contributed by atoms with E-state index in [-0.39, 0.29) is 19.1 Å². The molecule has 0 bridgehead atoms. The fraction of sp³-hybridized carbons (Fsp3) is 0.883. The highest BCUT2D eigenvalue weighted by atomic mass is 31.2. The van der Waals surface area contributed by atoms with Crippen molar-refractivity contribution in [3.8, 4) is 0 Å². The van der Waals surface area contributed by atoms with Crippen LogP contribution in [0.25, 0.3) is 0 Å². The number of likely N-dealkylation sites (N-methyl/N-ethyl adjacent to an activating group) is 1. The number of carbonyl (C=O) groups is 1. The van der Waals surface area contributed by atoms with E-state index < -0.39 is 20.0 Å². The van der Waals surface area contributed by atoms with Crippen LogP contribution >= 0.6 is 7.82 Å². The minimum absolute atomic E-state index is 0.0572. The SMILES string of the molecule is CCCC/C=C/CC/C=C/C(O)C(COP(=O)(O)OCC[N+](C)(C)C)NC(=O)CCCCCCCCCCCCCCCCCCCCCCCCCCCCC/C=C\CCCCCCCCCC. The summed E-state index contributed by atoms with van der Waals surface area (Å²) in [5, 5.41) is 13.8. The van der Waals surface area contributed by atoms with Crippen molar-refractivity contribution in [2.45, 2.75) is 302 Å². The third-order valence-corrected chi connectivity index (χ3v) is 14.6. The highest BCUT2D eigenvalue weighted by Gasteiger charge is 2.27. The minimum atomic E-state index is -4.34.